The molecule has 1 unspecified atom stereocenters. The summed E-state index contributed by atoms with van der Waals surface area (Å²) >= 11 is 6.13. The number of hydrogen-bond acceptors (Lipinski definition) is 4. The van der Waals surface area contributed by atoms with Gasteiger partial charge in [-0.25, -0.2) is 8.42 Å². The molecule has 1 aliphatic heterocycles. The van der Waals surface area contributed by atoms with Crippen molar-refractivity contribution >= 4 is 27.1 Å². The Morgan fingerprint density at radius 3 is 2.10 bits per heavy atom. The molecule has 0 bridgehead atoms. The minimum atomic E-state index is -3.47. The quantitative estimate of drug-likeness (QED) is 0.500. The second-order valence-electron chi connectivity index (χ2n) is 7.85. The Kier molecular flexibility index (Phi) is 6.96. The van der Waals surface area contributed by atoms with Crippen LogP contribution >= 0.6 is 11.6 Å². The lowest BCUT2D eigenvalue weighted by Crippen LogP contribution is -2.47. The van der Waals surface area contributed by atoms with Gasteiger partial charge in [0.15, 0.2) is 9.84 Å². The van der Waals surface area contributed by atoms with E-state index in [1.54, 1.807) is 24.3 Å². The summed E-state index contributed by atoms with van der Waals surface area (Å²) in [7, 11) is -3.47. The van der Waals surface area contributed by atoms with Crippen molar-refractivity contribution < 1.29 is 8.42 Å². The number of rotatable bonds is 7. The van der Waals surface area contributed by atoms with E-state index in [0.717, 1.165) is 49.0 Å². The molecule has 4 nitrogen and oxygen atoms in total. The molecule has 0 amide bonds. The number of benzene rings is 3. The van der Waals surface area contributed by atoms with Crippen LogP contribution < -0.4 is 4.90 Å². The van der Waals surface area contributed by atoms with Crippen LogP contribution in [0.4, 0.5) is 5.69 Å². The molecule has 1 aliphatic rings. The Morgan fingerprint density at radius 2 is 1.45 bits per heavy atom. The van der Waals surface area contributed by atoms with E-state index >= 15 is 0 Å². The smallest absolute Gasteiger partial charge is 0.185 e. The molecule has 1 heterocycles. The number of piperazine rings is 1. The molecule has 0 aliphatic carbocycles. The minimum Gasteiger partial charge on any atom is -0.369 e. The fraction of sp³-hybridized carbons (Fsp3) is 0.280. The van der Waals surface area contributed by atoms with Crippen LogP contribution in [0.3, 0.4) is 0 Å². The van der Waals surface area contributed by atoms with Gasteiger partial charge >= 0.3 is 0 Å². The Bertz CT molecular complexity index is 1080. The summed E-state index contributed by atoms with van der Waals surface area (Å²) in [5.74, 6) is 0. The van der Waals surface area contributed by atoms with Gasteiger partial charge in [-0.1, -0.05) is 66.2 Å². The van der Waals surface area contributed by atoms with E-state index in [-0.39, 0.29) is 0 Å². The monoisotopic (exact) mass is 454 g/mol. The maximum absolute atomic E-state index is 13.4. The molecule has 0 spiro atoms. The summed E-state index contributed by atoms with van der Waals surface area (Å²) in [6, 6.07) is 26.3. The summed E-state index contributed by atoms with van der Waals surface area (Å²) in [6.07, 6.45) is 0.568. The highest BCUT2D eigenvalue weighted by Gasteiger charge is 2.30. The Labute approximate surface area is 190 Å². The fourth-order valence-electron chi connectivity index (χ4n) is 4.15. The normalized spacial score (nSPS) is 16.2. The highest BCUT2D eigenvalue weighted by molar-refractivity contribution is 7.91. The van der Waals surface area contributed by atoms with Crippen LogP contribution in [0.1, 0.15) is 17.2 Å². The average molecular weight is 455 g/mol. The van der Waals surface area contributed by atoms with Gasteiger partial charge in [-0.2, -0.15) is 0 Å². The van der Waals surface area contributed by atoms with Gasteiger partial charge in [0, 0.05) is 36.9 Å². The van der Waals surface area contributed by atoms with Crippen molar-refractivity contribution in [2.24, 2.45) is 0 Å². The zero-order valence-electron chi connectivity index (χ0n) is 17.4. The predicted molar refractivity (Wildman–Crippen MR) is 128 cm³/mol. The van der Waals surface area contributed by atoms with Crippen molar-refractivity contribution in [3.05, 3.63) is 95.5 Å². The Hall–Kier alpha value is -2.34. The van der Waals surface area contributed by atoms with Crippen molar-refractivity contribution in [2.45, 2.75) is 16.6 Å². The van der Waals surface area contributed by atoms with Gasteiger partial charge < -0.3 is 4.90 Å². The topological polar surface area (TPSA) is 40.6 Å². The van der Waals surface area contributed by atoms with Gasteiger partial charge in [0.05, 0.1) is 10.1 Å². The number of sulfone groups is 1. The largest absolute Gasteiger partial charge is 0.369 e. The van der Waals surface area contributed by atoms with Crippen LogP contribution in [0.25, 0.3) is 0 Å². The van der Waals surface area contributed by atoms with Gasteiger partial charge in [0.1, 0.15) is 0 Å². The molecule has 3 aromatic rings. The first-order chi connectivity index (χ1) is 15.0. The molecule has 1 atom stereocenters. The van der Waals surface area contributed by atoms with Gasteiger partial charge in [0.25, 0.3) is 0 Å². The van der Waals surface area contributed by atoms with E-state index in [4.69, 9.17) is 11.6 Å². The molecule has 162 valence electrons. The van der Waals surface area contributed by atoms with Gasteiger partial charge in [-0.15, -0.1) is 0 Å². The van der Waals surface area contributed by atoms with Crippen LogP contribution in [-0.4, -0.2) is 46.0 Å². The first-order valence-electron chi connectivity index (χ1n) is 10.6. The van der Waals surface area contributed by atoms with E-state index in [9.17, 15) is 8.42 Å². The third-order valence-corrected chi connectivity index (χ3v) is 8.29. The van der Waals surface area contributed by atoms with E-state index in [0.29, 0.717) is 11.3 Å². The van der Waals surface area contributed by atoms with E-state index in [1.165, 1.54) is 0 Å². The molecule has 0 radical (unpaired) electrons. The second-order valence-corrected chi connectivity index (χ2v) is 10.4. The summed E-state index contributed by atoms with van der Waals surface area (Å²) in [5, 5.41) is 0.193. The third kappa shape index (κ3) is 5.29. The summed E-state index contributed by atoms with van der Waals surface area (Å²) < 4.78 is 26.9. The third-order valence-electron chi connectivity index (χ3n) is 5.87. The maximum atomic E-state index is 13.4. The van der Waals surface area contributed by atoms with Crippen LogP contribution in [0.2, 0.25) is 5.02 Å². The zero-order chi connectivity index (χ0) is 21.7. The molecule has 4 rings (SSSR count). The van der Waals surface area contributed by atoms with E-state index < -0.39 is 15.1 Å². The summed E-state index contributed by atoms with van der Waals surface area (Å²) in [6.45, 7) is 4.36. The van der Waals surface area contributed by atoms with Crippen molar-refractivity contribution in [1.29, 1.82) is 0 Å². The van der Waals surface area contributed by atoms with Crippen LogP contribution in [0, 0.1) is 0 Å². The first kappa shape index (κ1) is 21.9. The Morgan fingerprint density at radius 1 is 0.806 bits per heavy atom. The average Bonchev–Trinajstić information content (AvgIpc) is 2.81. The standard InChI is InChI=1S/C25H27ClN2O2S/c26-22-10-7-11-23(20-22)28-18-16-27(17-19-28)15-14-25(21-8-3-1-4-9-21)31(29,30)24-12-5-2-6-13-24/h1-13,20,25H,14-19H2. The van der Waals surface area contributed by atoms with Crippen LogP contribution in [-0.2, 0) is 9.84 Å². The zero-order valence-corrected chi connectivity index (χ0v) is 19.0. The van der Waals surface area contributed by atoms with Gasteiger partial charge in [0.2, 0.25) is 0 Å². The molecule has 3 aromatic carbocycles. The van der Waals surface area contributed by atoms with Crippen LogP contribution in [0.15, 0.2) is 89.8 Å². The Balaban J connectivity index is 1.44. The lowest BCUT2D eigenvalue weighted by atomic mass is 10.1. The van der Waals surface area contributed by atoms with Crippen molar-refractivity contribution in [3.8, 4) is 0 Å². The number of halogens is 1. The highest BCUT2D eigenvalue weighted by Crippen LogP contribution is 2.32. The van der Waals surface area contributed by atoms with Crippen LogP contribution in [0.5, 0.6) is 0 Å². The number of nitrogens with zero attached hydrogens (tertiary/aromatic N) is 2. The van der Waals surface area contributed by atoms with Gasteiger partial charge in [-0.3, -0.25) is 4.90 Å². The molecule has 1 saturated heterocycles. The summed E-state index contributed by atoms with van der Waals surface area (Å²) in [5.41, 5.74) is 1.99. The molecule has 0 aromatic heterocycles. The molecule has 6 heteroatoms. The second kappa shape index (κ2) is 9.86. The lowest BCUT2D eigenvalue weighted by molar-refractivity contribution is 0.253. The van der Waals surface area contributed by atoms with Crippen molar-refractivity contribution in [2.75, 3.05) is 37.6 Å². The predicted octanol–water partition coefficient (Wildman–Crippen LogP) is 5.07. The molecule has 31 heavy (non-hydrogen) atoms. The molecular formula is C25H27ClN2O2S. The lowest BCUT2D eigenvalue weighted by Gasteiger charge is -2.36. The number of anilines is 1. The first-order valence-corrected chi connectivity index (χ1v) is 12.5. The SMILES string of the molecule is O=S(=O)(c1ccccc1)C(CCN1CCN(c2cccc(Cl)c2)CC1)c1ccccc1. The molecule has 1 fully saturated rings. The molecule has 0 N–H and O–H groups in total. The van der Waals surface area contributed by atoms with Crippen molar-refractivity contribution in [3.63, 3.8) is 0 Å². The molecular weight excluding hydrogens is 428 g/mol. The molecule has 0 saturated carbocycles. The minimum absolute atomic E-state index is 0.384. The summed E-state index contributed by atoms with van der Waals surface area (Å²) in [4.78, 5) is 5.07. The fourth-order valence-corrected chi connectivity index (χ4v) is 6.13. The van der Waals surface area contributed by atoms with E-state index in [2.05, 4.69) is 15.9 Å². The van der Waals surface area contributed by atoms with E-state index in [1.807, 2.05) is 54.6 Å². The van der Waals surface area contributed by atoms with Crippen molar-refractivity contribution in [1.82, 2.24) is 4.90 Å². The van der Waals surface area contributed by atoms with Gasteiger partial charge in [-0.05, 0) is 48.9 Å². The highest BCUT2D eigenvalue weighted by atomic mass is 35.5. The number of hydrogen-bond donors (Lipinski definition) is 0. The maximum Gasteiger partial charge on any atom is 0.185 e.